The quantitative estimate of drug-likeness (QED) is 0.885. The van der Waals surface area contributed by atoms with Gasteiger partial charge in [0.25, 0.3) is 0 Å². The Balaban J connectivity index is 1.61. The number of halogens is 1. The highest BCUT2D eigenvalue weighted by Gasteiger charge is 2.10. The van der Waals surface area contributed by atoms with Crippen molar-refractivity contribution in [2.75, 3.05) is 18.4 Å². The van der Waals surface area contributed by atoms with E-state index in [9.17, 15) is 4.39 Å². The maximum Gasteiger partial charge on any atom is 0.125 e. The number of anilines is 2. The van der Waals surface area contributed by atoms with Gasteiger partial charge in [-0.25, -0.2) is 4.39 Å². The van der Waals surface area contributed by atoms with Crippen molar-refractivity contribution in [2.24, 2.45) is 0 Å². The van der Waals surface area contributed by atoms with Crippen LogP contribution in [0.4, 0.5) is 15.8 Å². The third kappa shape index (κ3) is 4.05. The maximum absolute atomic E-state index is 13.1. The van der Waals surface area contributed by atoms with E-state index < -0.39 is 0 Å². The molecule has 1 heterocycles. The van der Waals surface area contributed by atoms with Gasteiger partial charge in [0, 0.05) is 17.9 Å². The van der Waals surface area contributed by atoms with E-state index in [-0.39, 0.29) is 5.82 Å². The molecule has 1 N–H and O–H groups in total. The molecule has 0 amide bonds. The Labute approximate surface area is 125 Å². The van der Waals surface area contributed by atoms with Gasteiger partial charge in [-0.3, -0.25) is 4.90 Å². The lowest BCUT2D eigenvalue weighted by Crippen LogP contribution is -2.29. The fourth-order valence-corrected chi connectivity index (χ4v) is 2.80. The van der Waals surface area contributed by atoms with E-state index in [0.717, 1.165) is 17.9 Å². The molecule has 1 fully saturated rings. The normalized spacial score (nSPS) is 15.9. The summed E-state index contributed by atoms with van der Waals surface area (Å²) in [6.07, 6.45) is 4.01. The number of piperidine rings is 1. The summed E-state index contributed by atoms with van der Waals surface area (Å²) in [6.45, 7) is 3.45. The van der Waals surface area contributed by atoms with Gasteiger partial charge < -0.3 is 5.32 Å². The van der Waals surface area contributed by atoms with Crippen LogP contribution in [0.1, 0.15) is 24.8 Å². The predicted octanol–water partition coefficient (Wildman–Crippen LogP) is 4.56. The average Bonchev–Trinajstić information content (AvgIpc) is 2.50. The van der Waals surface area contributed by atoms with Crippen LogP contribution in [0.5, 0.6) is 0 Å². The monoisotopic (exact) mass is 284 g/mol. The summed E-state index contributed by atoms with van der Waals surface area (Å²) in [5, 5.41) is 3.22. The molecule has 0 bridgehead atoms. The molecule has 1 aliphatic heterocycles. The summed E-state index contributed by atoms with van der Waals surface area (Å²) < 4.78 is 13.1. The van der Waals surface area contributed by atoms with Gasteiger partial charge in [-0.05, 0) is 61.8 Å². The first-order valence-electron chi connectivity index (χ1n) is 7.63. The highest BCUT2D eigenvalue weighted by atomic mass is 19.1. The second-order valence-corrected chi connectivity index (χ2v) is 5.67. The zero-order chi connectivity index (χ0) is 14.5. The molecule has 2 aromatic rings. The zero-order valence-electron chi connectivity index (χ0n) is 12.2. The van der Waals surface area contributed by atoms with Crippen molar-refractivity contribution in [1.29, 1.82) is 0 Å². The molecule has 0 aromatic heterocycles. The average molecular weight is 284 g/mol. The largest absolute Gasteiger partial charge is 0.355 e. The first-order chi connectivity index (χ1) is 10.3. The van der Waals surface area contributed by atoms with Gasteiger partial charge in [-0.2, -0.15) is 0 Å². The summed E-state index contributed by atoms with van der Waals surface area (Å²) in [4.78, 5) is 2.51. The zero-order valence-corrected chi connectivity index (χ0v) is 12.2. The van der Waals surface area contributed by atoms with Crippen molar-refractivity contribution >= 4 is 11.4 Å². The van der Waals surface area contributed by atoms with Gasteiger partial charge in [0.2, 0.25) is 0 Å². The van der Waals surface area contributed by atoms with E-state index in [2.05, 4.69) is 34.5 Å². The van der Waals surface area contributed by atoms with E-state index in [1.54, 1.807) is 6.07 Å². The first kappa shape index (κ1) is 14.1. The third-order valence-corrected chi connectivity index (χ3v) is 3.92. The molecule has 0 aliphatic carbocycles. The second kappa shape index (κ2) is 6.72. The molecular formula is C18H21FN2. The third-order valence-electron chi connectivity index (χ3n) is 3.92. The van der Waals surface area contributed by atoms with Crippen LogP contribution < -0.4 is 5.32 Å². The number of hydrogen-bond acceptors (Lipinski definition) is 2. The van der Waals surface area contributed by atoms with Crippen molar-refractivity contribution in [3.05, 3.63) is 59.9 Å². The maximum atomic E-state index is 13.1. The lowest BCUT2D eigenvalue weighted by molar-refractivity contribution is 0.221. The van der Waals surface area contributed by atoms with Crippen LogP contribution >= 0.6 is 0 Å². The topological polar surface area (TPSA) is 15.3 Å². The lowest BCUT2D eigenvalue weighted by atomic mass is 10.1. The molecule has 0 saturated carbocycles. The molecular weight excluding hydrogens is 263 g/mol. The molecule has 0 atom stereocenters. The Morgan fingerprint density at radius 3 is 2.38 bits per heavy atom. The minimum Gasteiger partial charge on any atom is -0.355 e. The number of nitrogens with zero attached hydrogens (tertiary/aromatic N) is 1. The fourth-order valence-electron chi connectivity index (χ4n) is 2.80. The highest BCUT2D eigenvalue weighted by Crippen LogP contribution is 2.19. The summed E-state index contributed by atoms with van der Waals surface area (Å²) in [5.41, 5.74) is 3.10. The molecule has 3 rings (SSSR count). The Hall–Kier alpha value is -1.87. The number of nitrogens with one attached hydrogen (secondary N) is 1. The predicted molar refractivity (Wildman–Crippen MR) is 85.3 cm³/mol. The molecule has 2 nitrogen and oxygen atoms in total. The van der Waals surface area contributed by atoms with E-state index >= 15 is 0 Å². The fraction of sp³-hybridized carbons (Fsp3) is 0.333. The Morgan fingerprint density at radius 2 is 1.67 bits per heavy atom. The van der Waals surface area contributed by atoms with Gasteiger partial charge in [0.05, 0.1) is 0 Å². The molecule has 0 radical (unpaired) electrons. The summed E-state index contributed by atoms with van der Waals surface area (Å²) in [6, 6.07) is 14.9. The van der Waals surface area contributed by atoms with Crippen LogP contribution in [-0.2, 0) is 6.54 Å². The number of rotatable bonds is 4. The molecule has 3 heteroatoms. The van der Waals surface area contributed by atoms with Crippen molar-refractivity contribution in [2.45, 2.75) is 25.8 Å². The van der Waals surface area contributed by atoms with E-state index in [1.807, 2.05) is 6.07 Å². The molecule has 21 heavy (non-hydrogen) atoms. The summed E-state index contributed by atoms with van der Waals surface area (Å²) in [7, 11) is 0. The van der Waals surface area contributed by atoms with Crippen LogP contribution in [-0.4, -0.2) is 18.0 Å². The number of benzene rings is 2. The Kier molecular flexibility index (Phi) is 4.51. The van der Waals surface area contributed by atoms with Crippen LogP contribution in [0, 0.1) is 5.82 Å². The van der Waals surface area contributed by atoms with Crippen molar-refractivity contribution in [3.8, 4) is 0 Å². The van der Waals surface area contributed by atoms with Crippen LogP contribution in [0.25, 0.3) is 0 Å². The molecule has 2 aromatic carbocycles. The lowest BCUT2D eigenvalue weighted by Gasteiger charge is -2.26. The molecule has 0 spiro atoms. The Morgan fingerprint density at radius 1 is 0.905 bits per heavy atom. The van der Waals surface area contributed by atoms with Gasteiger partial charge in [0.15, 0.2) is 0 Å². The Bertz CT molecular complexity index is 574. The first-order valence-corrected chi connectivity index (χ1v) is 7.63. The molecule has 110 valence electrons. The van der Waals surface area contributed by atoms with Gasteiger partial charge in [-0.15, -0.1) is 0 Å². The molecule has 1 aliphatic rings. The van der Waals surface area contributed by atoms with Crippen LogP contribution in [0.3, 0.4) is 0 Å². The van der Waals surface area contributed by atoms with Crippen molar-refractivity contribution in [3.63, 3.8) is 0 Å². The molecule has 0 unspecified atom stereocenters. The van der Waals surface area contributed by atoms with Gasteiger partial charge >= 0.3 is 0 Å². The summed E-state index contributed by atoms with van der Waals surface area (Å²) in [5.74, 6) is -0.221. The second-order valence-electron chi connectivity index (χ2n) is 5.67. The molecule has 1 saturated heterocycles. The number of likely N-dealkylation sites (tertiary alicyclic amines) is 1. The van der Waals surface area contributed by atoms with Gasteiger partial charge in [0.1, 0.15) is 5.82 Å². The van der Waals surface area contributed by atoms with E-state index in [0.29, 0.717) is 0 Å². The van der Waals surface area contributed by atoms with Crippen LogP contribution in [0.2, 0.25) is 0 Å². The summed E-state index contributed by atoms with van der Waals surface area (Å²) >= 11 is 0. The van der Waals surface area contributed by atoms with Gasteiger partial charge in [-0.1, -0.05) is 24.6 Å². The highest BCUT2D eigenvalue weighted by molar-refractivity contribution is 5.59. The van der Waals surface area contributed by atoms with Crippen molar-refractivity contribution < 1.29 is 4.39 Å². The minimum atomic E-state index is -0.221. The minimum absolute atomic E-state index is 0.221. The van der Waals surface area contributed by atoms with E-state index in [1.165, 1.54) is 50.0 Å². The SMILES string of the molecule is Fc1cccc(Nc2ccc(CN3CCCCC3)cc2)c1. The van der Waals surface area contributed by atoms with Crippen molar-refractivity contribution in [1.82, 2.24) is 4.90 Å². The standard InChI is InChI=1S/C18H21FN2/c19-16-5-4-6-18(13-16)20-17-9-7-15(8-10-17)14-21-11-2-1-3-12-21/h4-10,13,20H,1-3,11-12,14H2. The smallest absolute Gasteiger partial charge is 0.125 e. The van der Waals surface area contributed by atoms with E-state index in [4.69, 9.17) is 0 Å². The van der Waals surface area contributed by atoms with Crippen LogP contribution in [0.15, 0.2) is 48.5 Å². The number of hydrogen-bond donors (Lipinski definition) is 1.